The molecule has 0 radical (unpaired) electrons. The molecule has 1 aromatic heterocycles. The van der Waals surface area contributed by atoms with Crippen molar-refractivity contribution < 1.29 is 12.8 Å². The molecule has 0 aliphatic rings. The molecular weight excluding hydrogens is 333 g/mol. The summed E-state index contributed by atoms with van der Waals surface area (Å²) in [6.07, 6.45) is 0. The highest BCUT2D eigenvalue weighted by Crippen LogP contribution is 2.23. The summed E-state index contributed by atoms with van der Waals surface area (Å²) in [5.41, 5.74) is 1.46. The lowest BCUT2D eigenvalue weighted by molar-refractivity contribution is 0.598. The summed E-state index contributed by atoms with van der Waals surface area (Å²) in [7, 11) is -0.805. The lowest BCUT2D eigenvalue weighted by Gasteiger charge is -2.10. The molecule has 0 bridgehead atoms. The van der Waals surface area contributed by atoms with E-state index in [-0.39, 0.29) is 16.3 Å². The average Bonchev–Trinajstić information content (AvgIpc) is 2.75. The van der Waals surface area contributed by atoms with Crippen LogP contribution < -0.4 is 10.4 Å². The number of hydrogen-bond acceptors (Lipinski definition) is 3. The van der Waals surface area contributed by atoms with Crippen LogP contribution in [0.3, 0.4) is 0 Å². The van der Waals surface area contributed by atoms with Crippen molar-refractivity contribution in [1.29, 1.82) is 0 Å². The van der Waals surface area contributed by atoms with Crippen LogP contribution in [0.5, 0.6) is 0 Å². The molecule has 0 spiro atoms. The molecule has 0 fully saturated rings. The largest absolute Gasteiger partial charge is 0.328 e. The molecule has 0 aliphatic heterocycles. The minimum Gasteiger partial charge on any atom is -0.295 e. The summed E-state index contributed by atoms with van der Waals surface area (Å²) >= 11 is 0. The van der Waals surface area contributed by atoms with E-state index in [1.54, 1.807) is 33.2 Å². The number of fused-ring (bicyclic) bond motifs is 1. The highest BCUT2D eigenvalue weighted by molar-refractivity contribution is 7.92. The van der Waals surface area contributed by atoms with E-state index in [0.717, 1.165) is 5.56 Å². The first-order chi connectivity index (χ1) is 11.2. The fourth-order valence-corrected chi connectivity index (χ4v) is 3.65. The number of nitrogens with zero attached hydrogens (tertiary/aromatic N) is 2. The zero-order valence-corrected chi connectivity index (χ0v) is 14.2. The Morgan fingerprint density at radius 3 is 2.38 bits per heavy atom. The summed E-state index contributed by atoms with van der Waals surface area (Å²) in [5, 5.41) is 0. The zero-order chi connectivity index (χ0) is 17.6. The van der Waals surface area contributed by atoms with Crippen LogP contribution in [0, 0.1) is 12.7 Å². The van der Waals surface area contributed by atoms with Gasteiger partial charge in [0.25, 0.3) is 10.0 Å². The molecule has 3 rings (SSSR count). The predicted octanol–water partition coefficient (Wildman–Crippen LogP) is 2.13. The minimum atomic E-state index is -3.98. The summed E-state index contributed by atoms with van der Waals surface area (Å²) in [6, 6.07) is 8.52. The van der Waals surface area contributed by atoms with E-state index >= 15 is 0 Å². The highest BCUT2D eigenvalue weighted by atomic mass is 32.2. The molecule has 0 saturated carbocycles. The van der Waals surface area contributed by atoms with Gasteiger partial charge in [0.05, 0.1) is 21.6 Å². The van der Waals surface area contributed by atoms with Crippen LogP contribution in [0.25, 0.3) is 11.0 Å². The Morgan fingerprint density at radius 2 is 1.67 bits per heavy atom. The predicted molar refractivity (Wildman–Crippen MR) is 90.1 cm³/mol. The van der Waals surface area contributed by atoms with E-state index in [1.165, 1.54) is 33.4 Å². The van der Waals surface area contributed by atoms with E-state index in [1.807, 2.05) is 0 Å². The number of aromatic nitrogens is 2. The molecule has 0 amide bonds. The number of rotatable bonds is 3. The minimum absolute atomic E-state index is 0.0443. The molecule has 0 saturated heterocycles. The maximum absolute atomic E-state index is 13.8. The molecule has 1 N–H and O–H groups in total. The van der Waals surface area contributed by atoms with Crippen molar-refractivity contribution >= 4 is 26.7 Å². The van der Waals surface area contributed by atoms with Crippen molar-refractivity contribution in [2.24, 2.45) is 14.1 Å². The van der Waals surface area contributed by atoms with Gasteiger partial charge in [0, 0.05) is 14.1 Å². The fraction of sp³-hybridized carbons (Fsp3) is 0.188. The van der Waals surface area contributed by atoms with Crippen LogP contribution in [0.4, 0.5) is 10.1 Å². The van der Waals surface area contributed by atoms with Crippen LogP contribution in [-0.2, 0) is 24.1 Å². The molecule has 2 aromatic carbocycles. The first-order valence-electron chi connectivity index (χ1n) is 7.15. The Hall–Kier alpha value is -2.61. The fourth-order valence-electron chi connectivity index (χ4n) is 2.57. The van der Waals surface area contributed by atoms with Crippen molar-refractivity contribution in [3.8, 4) is 0 Å². The summed E-state index contributed by atoms with van der Waals surface area (Å²) in [5.74, 6) is -0.655. The van der Waals surface area contributed by atoms with Gasteiger partial charge in [-0.2, -0.15) is 0 Å². The number of hydrogen-bond donors (Lipinski definition) is 1. The number of benzene rings is 2. The Morgan fingerprint density at radius 1 is 1.00 bits per heavy atom. The van der Waals surface area contributed by atoms with Gasteiger partial charge in [-0.05, 0) is 42.8 Å². The summed E-state index contributed by atoms with van der Waals surface area (Å²) in [4.78, 5) is 11.9. The Bertz CT molecular complexity index is 1110. The molecular formula is C16H16FN3O3S. The molecule has 6 nitrogen and oxygen atoms in total. The Kier molecular flexibility index (Phi) is 3.71. The Labute approximate surface area is 138 Å². The van der Waals surface area contributed by atoms with Crippen molar-refractivity contribution in [3.63, 3.8) is 0 Å². The third-order valence-electron chi connectivity index (χ3n) is 3.92. The molecule has 8 heteroatoms. The van der Waals surface area contributed by atoms with Crippen LogP contribution in [0.2, 0.25) is 0 Å². The smallest absolute Gasteiger partial charge is 0.295 e. The monoisotopic (exact) mass is 349 g/mol. The van der Waals surface area contributed by atoms with Crippen LogP contribution in [-0.4, -0.2) is 17.6 Å². The third kappa shape index (κ3) is 2.58. The number of nitrogens with one attached hydrogen (secondary N) is 1. The lowest BCUT2D eigenvalue weighted by Crippen LogP contribution is -2.19. The third-order valence-corrected chi connectivity index (χ3v) is 5.28. The van der Waals surface area contributed by atoms with Crippen molar-refractivity contribution in [2.75, 3.05) is 4.72 Å². The molecule has 0 unspecified atom stereocenters. The number of aryl methyl sites for hydroxylation is 3. The number of imidazole rings is 1. The first kappa shape index (κ1) is 16.3. The molecule has 0 aliphatic carbocycles. The second-order valence-electron chi connectivity index (χ2n) is 5.64. The van der Waals surface area contributed by atoms with E-state index in [9.17, 15) is 17.6 Å². The lowest BCUT2D eigenvalue weighted by atomic mass is 10.2. The van der Waals surface area contributed by atoms with Crippen molar-refractivity contribution in [2.45, 2.75) is 11.8 Å². The average molecular weight is 349 g/mol. The van der Waals surface area contributed by atoms with E-state index < -0.39 is 15.8 Å². The SMILES string of the molecule is Cc1ccc(F)c(NS(=O)(=O)c2ccc3c(c2)n(C)c(=O)n3C)c1. The maximum Gasteiger partial charge on any atom is 0.328 e. The zero-order valence-electron chi connectivity index (χ0n) is 13.4. The second-order valence-corrected chi connectivity index (χ2v) is 7.32. The first-order valence-corrected chi connectivity index (χ1v) is 8.63. The number of halogens is 1. The van der Waals surface area contributed by atoms with Gasteiger partial charge in [-0.15, -0.1) is 0 Å². The van der Waals surface area contributed by atoms with E-state index in [0.29, 0.717) is 11.0 Å². The number of anilines is 1. The quantitative estimate of drug-likeness (QED) is 0.787. The van der Waals surface area contributed by atoms with E-state index in [2.05, 4.69) is 4.72 Å². The number of sulfonamides is 1. The van der Waals surface area contributed by atoms with Crippen LogP contribution in [0.15, 0.2) is 46.1 Å². The highest BCUT2D eigenvalue weighted by Gasteiger charge is 2.19. The molecule has 3 aromatic rings. The normalized spacial score (nSPS) is 11.8. The van der Waals surface area contributed by atoms with Crippen molar-refractivity contribution in [3.05, 3.63) is 58.3 Å². The van der Waals surface area contributed by atoms with Gasteiger partial charge in [0.1, 0.15) is 5.82 Å². The summed E-state index contributed by atoms with van der Waals surface area (Å²) < 4.78 is 43.9. The van der Waals surface area contributed by atoms with E-state index in [4.69, 9.17) is 0 Å². The molecule has 24 heavy (non-hydrogen) atoms. The van der Waals surface area contributed by atoms with Gasteiger partial charge in [-0.25, -0.2) is 17.6 Å². The van der Waals surface area contributed by atoms with Crippen LogP contribution >= 0.6 is 0 Å². The van der Waals surface area contributed by atoms with Gasteiger partial charge in [-0.3, -0.25) is 13.9 Å². The maximum atomic E-state index is 13.8. The standard InChI is InChI=1S/C16H16FN3O3S/c1-10-4-6-12(17)13(8-10)18-24(22,23)11-5-7-14-15(9-11)20(3)16(21)19(14)2/h4-9,18H,1-3H3. The van der Waals surface area contributed by atoms with Gasteiger partial charge in [0.15, 0.2) is 0 Å². The van der Waals surface area contributed by atoms with Gasteiger partial charge < -0.3 is 0 Å². The van der Waals surface area contributed by atoms with Gasteiger partial charge in [-0.1, -0.05) is 6.07 Å². The molecule has 0 atom stereocenters. The van der Waals surface area contributed by atoms with Crippen molar-refractivity contribution in [1.82, 2.24) is 9.13 Å². The van der Waals surface area contributed by atoms with Crippen LogP contribution in [0.1, 0.15) is 5.56 Å². The second kappa shape index (κ2) is 5.48. The molecule has 126 valence electrons. The summed E-state index contributed by atoms with van der Waals surface area (Å²) in [6.45, 7) is 1.74. The van der Waals surface area contributed by atoms with Gasteiger partial charge in [0.2, 0.25) is 0 Å². The Balaban J connectivity index is 2.10. The topological polar surface area (TPSA) is 73.1 Å². The molecule has 1 heterocycles. The van der Waals surface area contributed by atoms with Gasteiger partial charge >= 0.3 is 5.69 Å².